The third-order valence-corrected chi connectivity index (χ3v) is 8.22. The number of piperazine rings is 1. The van der Waals surface area contributed by atoms with Crippen molar-refractivity contribution in [3.8, 4) is 17.2 Å². The van der Waals surface area contributed by atoms with Crippen molar-refractivity contribution in [2.45, 2.75) is 26.7 Å². The molecular formula is C24H31Cl2N3O5S. The lowest BCUT2D eigenvalue weighted by molar-refractivity contribution is -0.117. The number of carbonyl (C=O) groups is 1. The van der Waals surface area contributed by atoms with Crippen molar-refractivity contribution in [2.24, 2.45) is 0 Å². The van der Waals surface area contributed by atoms with Crippen LogP contribution in [0.25, 0.3) is 0 Å². The molecule has 1 N–H and O–H groups in total. The summed E-state index contributed by atoms with van der Waals surface area (Å²) in [6, 6.07) is 8.66. The molecule has 0 aromatic heterocycles. The van der Waals surface area contributed by atoms with E-state index >= 15 is 0 Å². The lowest BCUT2D eigenvalue weighted by Gasteiger charge is -2.33. The quantitative estimate of drug-likeness (QED) is 0.487. The second-order valence-corrected chi connectivity index (χ2v) is 11.6. The summed E-state index contributed by atoms with van der Waals surface area (Å²) in [4.78, 5) is 14.5. The van der Waals surface area contributed by atoms with E-state index in [4.69, 9.17) is 32.7 Å². The van der Waals surface area contributed by atoms with Crippen LogP contribution in [-0.4, -0.2) is 69.1 Å². The molecule has 11 heteroatoms. The lowest BCUT2D eigenvalue weighted by Crippen LogP contribution is -2.50. The van der Waals surface area contributed by atoms with E-state index in [1.807, 2.05) is 17.0 Å². The fourth-order valence-corrected chi connectivity index (χ4v) is 5.48. The average molecular weight is 545 g/mol. The Morgan fingerprint density at radius 1 is 1.09 bits per heavy atom. The Morgan fingerprint density at radius 3 is 2.26 bits per heavy atom. The van der Waals surface area contributed by atoms with E-state index in [0.29, 0.717) is 43.4 Å². The molecule has 1 saturated heterocycles. The fourth-order valence-electron chi connectivity index (χ4n) is 3.83. The van der Waals surface area contributed by atoms with Gasteiger partial charge in [-0.3, -0.25) is 9.69 Å². The van der Waals surface area contributed by atoms with Crippen molar-refractivity contribution >= 4 is 44.8 Å². The Morgan fingerprint density at radius 2 is 1.71 bits per heavy atom. The van der Waals surface area contributed by atoms with Crippen LogP contribution in [0, 0.1) is 0 Å². The van der Waals surface area contributed by atoms with E-state index in [-0.39, 0.29) is 34.2 Å². The van der Waals surface area contributed by atoms with Crippen LogP contribution in [0.2, 0.25) is 10.0 Å². The molecule has 3 rings (SSSR count). The summed E-state index contributed by atoms with van der Waals surface area (Å²) >= 11 is 12.9. The summed E-state index contributed by atoms with van der Waals surface area (Å²) in [5.41, 5.74) is 1.44. The smallest absolute Gasteiger partial charge is 0.238 e. The van der Waals surface area contributed by atoms with Crippen molar-refractivity contribution in [2.75, 3.05) is 50.9 Å². The predicted molar refractivity (Wildman–Crippen MR) is 140 cm³/mol. The van der Waals surface area contributed by atoms with Gasteiger partial charge in [-0.2, -0.15) is 4.31 Å². The summed E-state index contributed by atoms with van der Waals surface area (Å²) in [5.74, 6) is 1.70. The molecule has 0 atom stereocenters. The first-order chi connectivity index (χ1) is 16.5. The zero-order chi connectivity index (χ0) is 25.8. The maximum absolute atomic E-state index is 12.6. The van der Waals surface area contributed by atoms with Crippen molar-refractivity contribution in [3.63, 3.8) is 0 Å². The fraction of sp³-hybridized carbons (Fsp3) is 0.458. The summed E-state index contributed by atoms with van der Waals surface area (Å²) in [6.45, 7) is 7.60. The molecule has 8 nitrogen and oxygen atoms in total. The van der Waals surface area contributed by atoms with Crippen molar-refractivity contribution in [3.05, 3.63) is 45.9 Å². The number of halogens is 2. The van der Waals surface area contributed by atoms with E-state index in [9.17, 15) is 13.2 Å². The zero-order valence-electron chi connectivity index (χ0n) is 20.3. The summed E-state index contributed by atoms with van der Waals surface area (Å²) in [6.07, 6.45) is 0. The minimum atomic E-state index is -3.21. The highest BCUT2D eigenvalue weighted by molar-refractivity contribution is 7.89. The Labute approximate surface area is 217 Å². The topological polar surface area (TPSA) is 88.2 Å². The molecule has 1 aliphatic heterocycles. The van der Waals surface area contributed by atoms with Crippen LogP contribution in [-0.2, 0) is 14.8 Å². The van der Waals surface area contributed by atoms with Gasteiger partial charge in [-0.15, -0.1) is 0 Å². The number of sulfonamides is 1. The predicted octanol–water partition coefficient (Wildman–Crippen LogP) is 4.82. The molecule has 0 radical (unpaired) electrons. The Balaban J connectivity index is 1.63. The molecule has 1 heterocycles. The number of nitrogens with one attached hydrogen (secondary N) is 1. The van der Waals surface area contributed by atoms with Gasteiger partial charge in [0, 0.05) is 37.4 Å². The molecule has 2 aromatic carbocycles. The number of carbonyl (C=O) groups excluding carboxylic acids is 1. The third kappa shape index (κ3) is 7.01. The van der Waals surface area contributed by atoms with E-state index in [2.05, 4.69) is 19.2 Å². The average Bonchev–Trinajstić information content (AvgIpc) is 2.81. The summed E-state index contributed by atoms with van der Waals surface area (Å²) in [5, 5.41) is 3.32. The standard InChI is InChI=1S/C24H31Cl2N3O5S/c1-5-35(31,32)29-10-8-28(9-11-29)15-23(30)27-17-12-20(25)24(21(26)13-17)34-18-6-7-22(33-4)19(14-18)16(2)3/h6-7,12-14,16H,5,8-11,15H2,1-4H3,(H,27,30). The van der Waals surface area contributed by atoms with E-state index < -0.39 is 10.0 Å². The Hall–Kier alpha value is -2.04. The van der Waals surface area contributed by atoms with Gasteiger partial charge in [0.25, 0.3) is 0 Å². The first-order valence-corrected chi connectivity index (χ1v) is 13.8. The van der Waals surface area contributed by atoms with Crippen molar-refractivity contribution < 1.29 is 22.7 Å². The highest BCUT2D eigenvalue weighted by atomic mass is 35.5. The first kappa shape index (κ1) is 27.5. The number of anilines is 1. The highest BCUT2D eigenvalue weighted by Crippen LogP contribution is 2.40. The molecule has 2 aromatic rings. The SMILES string of the molecule is CCS(=O)(=O)N1CCN(CC(=O)Nc2cc(Cl)c(Oc3ccc(OC)c(C(C)C)c3)c(Cl)c2)CC1. The van der Waals surface area contributed by atoms with Gasteiger partial charge in [0.1, 0.15) is 11.5 Å². The molecule has 0 spiro atoms. The van der Waals surface area contributed by atoms with E-state index in [1.54, 1.807) is 32.2 Å². The van der Waals surface area contributed by atoms with Gasteiger partial charge in [-0.05, 0) is 43.2 Å². The number of methoxy groups -OCH3 is 1. The number of hydrogen-bond donors (Lipinski definition) is 1. The van der Waals surface area contributed by atoms with Crippen LogP contribution >= 0.6 is 23.2 Å². The molecule has 1 fully saturated rings. The number of hydrogen-bond acceptors (Lipinski definition) is 6. The first-order valence-electron chi connectivity index (χ1n) is 11.4. The molecule has 192 valence electrons. The summed E-state index contributed by atoms with van der Waals surface area (Å²) in [7, 11) is -1.59. The van der Waals surface area contributed by atoms with Crippen LogP contribution < -0.4 is 14.8 Å². The minimum absolute atomic E-state index is 0.0755. The van der Waals surface area contributed by atoms with E-state index in [0.717, 1.165) is 11.3 Å². The largest absolute Gasteiger partial charge is 0.496 e. The molecule has 35 heavy (non-hydrogen) atoms. The van der Waals surface area contributed by atoms with Gasteiger partial charge in [-0.25, -0.2) is 8.42 Å². The number of amides is 1. The van der Waals surface area contributed by atoms with Gasteiger partial charge in [0.2, 0.25) is 15.9 Å². The monoisotopic (exact) mass is 543 g/mol. The van der Waals surface area contributed by atoms with Crippen LogP contribution in [0.4, 0.5) is 5.69 Å². The highest BCUT2D eigenvalue weighted by Gasteiger charge is 2.26. The molecular weight excluding hydrogens is 513 g/mol. The van der Waals surface area contributed by atoms with E-state index in [1.165, 1.54) is 4.31 Å². The van der Waals surface area contributed by atoms with Gasteiger partial charge in [0.05, 0.1) is 29.5 Å². The van der Waals surface area contributed by atoms with Crippen LogP contribution in [0.3, 0.4) is 0 Å². The maximum atomic E-state index is 12.6. The minimum Gasteiger partial charge on any atom is -0.496 e. The molecule has 0 saturated carbocycles. The van der Waals surface area contributed by atoms with Crippen molar-refractivity contribution in [1.29, 1.82) is 0 Å². The molecule has 0 unspecified atom stereocenters. The maximum Gasteiger partial charge on any atom is 0.238 e. The molecule has 1 aliphatic rings. The number of rotatable bonds is 9. The van der Waals surface area contributed by atoms with Gasteiger partial charge < -0.3 is 14.8 Å². The Kier molecular flexibility index (Phi) is 9.28. The molecule has 0 aliphatic carbocycles. The molecule has 0 bridgehead atoms. The van der Waals surface area contributed by atoms with Crippen LogP contribution in [0.5, 0.6) is 17.2 Å². The van der Waals surface area contributed by atoms with Crippen LogP contribution in [0.15, 0.2) is 30.3 Å². The summed E-state index contributed by atoms with van der Waals surface area (Å²) < 4.78 is 36.8. The second kappa shape index (κ2) is 11.8. The van der Waals surface area contributed by atoms with Gasteiger partial charge in [-0.1, -0.05) is 37.0 Å². The number of nitrogens with zero attached hydrogens (tertiary/aromatic N) is 2. The van der Waals surface area contributed by atoms with Crippen LogP contribution in [0.1, 0.15) is 32.3 Å². The normalized spacial score (nSPS) is 15.3. The lowest BCUT2D eigenvalue weighted by atomic mass is 10.0. The molecule has 1 amide bonds. The second-order valence-electron chi connectivity index (χ2n) is 8.55. The van der Waals surface area contributed by atoms with Gasteiger partial charge in [0.15, 0.2) is 5.75 Å². The number of benzene rings is 2. The number of ether oxygens (including phenoxy) is 2. The van der Waals surface area contributed by atoms with Crippen molar-refractivity contribution in [1.82, 2.24) is 9.21 Å². The van der Waals surface area contributed by atoms with Gasteiger partial charge >= 0.3 is 0 Å². The zero-order valence-corrected chi connectivity index (χ0v) is 22.6. The Bertz CT molecular complexity index is 1140. The third-order valence-electron chi connectivity index (χ3n) is 5.78.